The number of carbonyl (C=O) groups excluding carboxylic acids is 1. The van der Waals surface area contributed by atoms with Gasteiger partial charge in [0.25, 0.3) is 0 Å². The molecule has 1 saturated heterocycles. The zero-order chi connectivity index (χ0) is 16.9. The average molecular weight is 330 g/mol. The van der Waals surface area contributed by atoms with E-state index in [0.717, 1.165) is 35.7 Å². The number of benzene rings is 1. The summed E-state index contributed by atoms with van der Waals surface area (Å²) in [7, 11) is 3.05. The van der Waals surface area contributed by atoms with Crippen LogP contribution in [0.25, 0.3) is 0 Å². The van der Waals surface area contributed by atoms with Crippen LogP contribution in [0.3, 0.4) is 0 Å². The number of ether oxygens (including phenoxy) is 3. The van der Waals surface area contributed by atoms with E-state index in [2.05, 4.69) is 16.0 Å². The molecule has 0 spiro atoms. The minimum absolute atomic E-state index is 0.353. The number of esters is 1. The third-order valence-corrected chi connectivity index (χ3v) is 4.18. The van der Waals surface area contributed by atoms with Crippen molar-refractivity contribution in [2.75, 3.05) is 45.4 Å². The third-order valence-electron chi connectivity index (χ3n) is 4.18. The number of nitrogens with zero attached hydrogens (tertiary/aromatic N) is 1. The van der Waals surface area contributed by atoms with Crippen LogP contribution in [0.15, 0.2) is 30.5 Å². The first kappa shape index (κ1) is 16.4. The van der Waals surface area contributed by atoms with E-state index in [-0.39, 0.29) is 5.97 Å². The van der Waals surface area contributed by atoms with Crippen molar-refractivity contribution in [2.45, 2.75) is 6.42 Å². The van der Waals surface area contributed by atoms with Crippen LogP contribution in [0.4, 0.5) is 5.69 Å². The number of carbonyl (C=O) groups is 1. The topological polar surface area (TPSA) is 63.8 Å². The molecular formula is C18H22N2O4. The predicted octanol–water partition coefficient (Wildman–Crippen LogP) is 2.24. The molecule has 0 radical (unpaired) electrons. The van der Waals surface area contributed by atoms with Crippen LogP contribution in [-0.2, 0) is 15.9 Å². The van der Waals surface area contributed by atoms with Crippen molar-refractivity contribution in [3.05, 3.63) is 47.3 Å². The molecule has 0 unspecified atom stereocenters. The molecule has 24 heavy (non-hydrogen) atoms. The summed E-state index contributed by atoms with van der Waals surface area (Å²) in [6.45, 7) is 2.83. The lowest BCUT2D eigenvalue weighted by atomic mass is 10.0. The number of hydrogen-bond donors (Lipinski definition) is 1. The summed E-state index contributed by atoms with van der Waals surface area (Å²) in [5.41, 5.74) is 3.59. The molecule has 0 amide bonds. The number of methoxy groups -OCH3 is 2. The van der Waals surface area contributed by atoms with Gasteiger partial charge in [0.2, 0.25) is 0 Å². The van der Waals surface area contributed by atoms with E-state index in [1.54, 1.807) is 7.11 Å². The Morgan fingerprint density at radius 1 is 1.29 bits per heavy atom. The van der Waals surface area contributed by atoms with Gasteiger partial charge in [0, 0.05) is 25.7 Å². The number of anilines is 1. The maximum Gasteiger partial charge on any atom is 0.356 e. The van der Waals surface area contributed by atoms with Gasteiger partial charge in [0.15, 0.2) is 0 Å². The second-order valence-corrected chi connectivity index (χ2v) is 5.66. The van der Waals surface area contributed by atoms with Gasteiger partial charge in [-0.05, 0) is 23.3 Å². The van der Waals surface area contributed by atoms with Crippen LogP contribution in [-0.4, -0.2) is 51.5 Å². The van der Waals surface area contributed by atoms with E-state index >= 15 is 0 Å². The fourth-order valence-electron chi connectivity index (χ4n) is 3.00. The van der Waals surface area contributed by atoms with Crippen LogP contribution < -0.4 is 9.64 Å². The van der Waals surface area contributed by atoms with E-state index in [4.69, 9.17) is 14.2 Å². The average Bonchev–Trinajstić information content (AvgIpc) is 3.05. The zero-order valence-electron chi connectivity index (χ0n) is 14.0. The van der Waals surface area contributed by atoms with Crippen LogP contribution in [0, 0.1) is 0 Å². The molecule has 6 heteroatoms. The molecule has 2 heterocycles. The number of rotatable bonds is 5. The second-order valence-electron chi connectivity index (χ2n) is 5.66. The van der Waals surface area contributed by atoms with Crippen molar-refractivity contribution in [3.63, 3.8) is 0 Å². The first-order valence-corrected chi connectivity index (χ1v) is 7.97. The lowest BCUT2D eigenvalue weighted by molar-refractivity contribution is 0.0594. The smallest absolute Gasteiger partial charge is 0.356 e. The number of nitrogens with one attached hydrogen (secondary N) is 1. The van der Waals surface area contributed by atoms with Gasteiger partial charge in [-0.25, -0.2) is 4.79 Å². The summed E-state index contributed by atoms with van der Waals surface area (Å²) < 4.78 is 15.6. The standard InChI is InChI=1S/C18H22N2O4/c1-22-15-5-3-4-13(11-15)10-14-12-19-16(18(21)23-2)17(14)20-6-8-24-9-7-20/h3-5,11-12,19H,6-10H2,1-2H3. The highest BCUT2D eigenvalue weighted by Crippen LogP contribution is 2.29. The van der Waals surface area contributed by atoms with Gasteiger partial charge in [0.1, 0.15) is 11.4 Å². The highest BCUT2D eigenvalue weighted by Gasteiger charge is 2.24. The Bertz CT molecular complexity index is 705. The maximum atomic E-state index is 12.1. The molecule has 0 aliphatic carbocycles. The fraction of sp³-hybridized carbons (Fsp3) is 0.389. The first-order chi connectivity index (χ1) is 11.7. The highest BCUT2D eigenvalue weighted by molar-refractivity contribution is 5.95. The van der Waals surface area contributed by atoms with Crippen LogP contribution in [0.1, 0.15) is 21.6 Å². The van der Waals surface area contributed by atoms with E-state index in [0.29, 0.717) is 25.3 Å². The molecule has 1 aromatic carbocycles. The Hall–Kier alpha value is -2.47. The zero-order valence-corrected chi connectivity index (χ0v) is 14.0. The van der Waals surface area contributed by atoms with Crippen molar-refractivity contribution in [1.82, 2.24) is 4.98 Å². The molecule has 128 valence electrons. The lowest BCUT2D eigenvalue weighted by Crippen LogP contribution is -2.37. The second kappa shape index (κ2) is 7.40. The number of hydrogen-bond acceptors (Lipinski definition) is 5. The summed E-state index contributed by atoms with van der Waals surface area (Å²) in [6, 6.07) is 7.95. The van der Waals surface area contributed by atoms with Crippen molar-refractivity contribution in [3.8, 4) is 5.75 Å². The summed E-state index contributed by atoms with van der Waals surface area (Å²) in [5, 5.41) is 0. The normalized spacial score (nSPS) is 14.5. The summed E-state index contributed by atoms with van der Waals surface area (Å²) in [4.78, 5) is 17.4. The van der Waals surface area contributed by atoms with Gasteiger partial charge < -0.3 is 24.1 Å². The number of aromatic amines is 1. The number of morpholine rings is 1. The van der Waals surface area contributed by atoms with Crippen LogP contribution in [0.5, 0.6) is 5.75 Å². The SMILES string of the molecule is COC(=O)c1[nH]cc(Cc2cccc(OC)c2)c1N1CCOCC1. The van der Waals surface area contributed by atoms with Gasteiger partial charge in [-0.15, -0.1) is 0 Å². The molecule has 2 aromatic rings. The quantitative estimate of drug-likeness (QED) is 0.852. The monoisotopic (exact) mass is 330 g/mol. The van der Waals surface area contributed by atoms with Gasteiger partial charge >= 0.3 is 5.97 Å². The lowest BCUT2D eigenvalue weighted by Gasteiger charge is -2.30. The Labute approximate surface area is 141 Å². The minimum atomic E-state index is -0.353. The molecule has 1 fully saturated rings. The van der Waals surface area contributed by atoms with Gasteiger partial charge in [-0.2, -0.15) is 0 Å². The fourth-order valence-corrected chi connectivity index (χ4v) is 3.00. The van der Waals surface area contributed by atoms with Crippen molar-refractivity contribution < 1.29 is 19.0 Å². The summed E-state index contributed by atoms with van der Waals surface area (Å²) in [6.07, 6.45) is 2.59. The molecule has 0 bridgehead atoms. The highest BCUT2D eigenvalue weighted by atomic mass is 16.5. The van der Waals surface area contributed by atoms with Crippen molar-refractivity contribution in [2.24, 2.45) is 0 Å². The molecule has 6 nitrogen and oxygen atoms in total. The Kier molecular flexibility index (Phi) is 5.05. The molecule has 1 N–H and O–H groups in total. The van der Waals surface area contributed by atoms with Gasteiger partial charge in [-0.1, -0.05) is 12.1 Å². The van der Waals surface area contributed by atoms with Crippen LogP contribution >= 0.6 is 0 Å². The van der Waals surface area contributed by atoms with Crippen molar-refractivity contribution in [1.29, 1.82) is 0 Å². The molecule has 3 rings (SSSR count). The number of aromatic nitrogens is 1. The summed E-state index contributed by atoms with van der Waals surface area (Å²) >= 11 is 0. The van der Waals surface area contributed by atoms with Crippen LogP contribution in [0.2, 0.25) is 0 Å². The summed E-state index contributed by atoms with van der Waals surface area (Å²) in [5.74, 6) is 0.470. The van der Waals surface area contributed by atoms with E-state index in [1.165, 1.54) is 7.11 Å². The Balaban J connectivity index is 1.94. The first-order valence-electron chi connectivity index (χ1n) is 7.97. The Morgan fingerprint density at radius 2 is 2.08 bits per heavy atom. The van der Waals surface area contributed by atoms with Gasteiger partial charge in [0.05, 0.1) is 33.1 Å². The van der Waals surface area contributed by atoms with E-state index < -0.39 is 0 Å². The maximum absolute atomic E-state index is 12.1. The van der Waals surface area contributed by atoms with E-state index in [1.807, 2.05) is 24.4 Å². The number of H-pyrrole nitrogens is 1. The molecule has 0 saturated carbocycles. The van der Waals surface area contributed by atoms with Gasteiger partial charge in [-0.3, -0.25) is 0 Å². The van der Waals surface area contributed by atoms with Crippen molar-refractivity contribution >= 4 is 11.7 Å². The third kappa shape index (κ3) is 3.38. The largest absolute Gasteiger partial charge is 0.497 e. The molecule has 0 atom stereocenters. The molecule has 1 aliphatic heterocycles. The minimum Gasteiger partial charge on any atom is -0.497 e. The molecule has 1 aliphatic rings. The molecule has 1 aromatic heterocycles. The Morgan fingerprint density at radius 3 is 2.79 bits per heavy atom. The predicted molar refractivity (Wildman–Crippen MR) is 91.0 cm³/mol. The van der Waals surface area contributed by atoms with E-state index in [9.17, 15) is 4.79 Å². The molecular weight excluding hydrogens is 308 g/mol.